The Hall–Kier alpha value is -2.41. The second-order valence-electron chi connectivity index (χ2n) is 7.89. The number of carbonyl (C=O) groups excluding carboxylic acids is 3. The molecule has 3 amide bonds. The highest BCUT2D eigenvalue weighted by Crippen LogP contribution is 2.24. The van der Waals surface area contributed by atoms with Crippen molar-refractivity contribution in [1.82, 2.24) is 10.2 Å². The molecule has 1 aromatic carbocycles. The van der Waals surface area contributed by atoms with Crippen LogP contribution in [0.25, 0.3) is 0 Å². The lowest BCUT2D eigenvalue weighted by molar-refractivity contribution is -0.132. The van der Waals surface area contributed by atoms with Gasteiger partial charge in [0.25, 0.3) is 5.91 Å². The molecule has 1 aliphatic rings. The monoisotopic (exact) mass is 404 g/mol. The molecule has 0 radical (unpaired) electrons. The van der Waals surface area contributed by atoms with E-state index in [0.717, 1.165) is 30.6 Å². The van der Waals surface area contributed by atoms with Crippen molar-refractivity contribution >= 4 is 17.7 Å². The van der Waals surface area contributed by atoms with Crippen molar-refractivity contribution in [1.29, 1.82) is 0 Å². The van der Waals surface area contributed by atoms with E-state index < -0.39 is 17.7 Å². The van der Waals surface area contributed by atoms with Gasteiger partial charge in [0, 0.05) is 5.56 Å². The van der Waals surface area contributed by atoms with E-state index in [1.54, 1.807) is 31.2 Å². The Balaban J connectivity index is 1.85. The van der Waals surface area contributed by atoms with E-state index in [0.29, 0.717) is 17.7 Å². The Morgan fingerprint density at radius 3 is 2.66 bits per heavy atom. The number of imide groups is 1. The molecule has 0 aromatic heterocycles. The summed E-state index contributed by atoms with van der Waals surface area (Å²) in [6, 6.07) is 6.17. The topological polar surface area (TPSA) is 95.9 Å². The van der Waals surface area contributed by atoms with E-state index in [2.05, 4.69) is 12.2 Å². The van der Waals surface area contributed by atoms with Crippen LogP contribution in [-0.2, 0) is 4.79 Å². The zero-order valence-electron chi connectivity index (χ0n) is 17.6. The smallest absolute Gasteiger partial charge is 0.325 e. The first-order chi connectivity index (χ1) is 13.8. The molecule has 7 heteroatoms. The van der Waals surface area contributed by atoms with Crippen LogP contribution in [0.3, 0.4) is 0 Å². The van der Waals surface area contributed by atoms with Gasteiger partial charge < -0.3 is 15.2 Å². The third-order valence-electron chi connectivity index (χ3n) is 5.20. The van der Waals surface area contributed by atoms with Gasteiger partial charge >= 0.3 is 6.03 Å². The fourth-order valence-electron chi connectivity index (χ4n) is 3.43. The predicted molar refractivity (Wildman–Crippen MR) is 110 cm³/mol. The zero-order valence-corrected chi connectivity index (χ0v) is 17.6. The fourth-order valence-corrected chi connectivity index (χ4v) is 3.43. The van der Waals surface area contributed by atoms with Gasteiger partial charge in [0.05, 0.1) is 6.54 Å². The molecular formula is C22H32N2O5. The molecule has 0 spiro atoms. The van der Waals surface area contributed by atoms with Gasteiger partial charge in [-0.1, -0.05) is 51.2 Å². The Bertz CT molecular complexity index is 736. The minimum absolute atomic E-state index is 0.0793. The number of nitrogens with one attached hydrogen (secondary N) is 1. The molecule has 7 nitrogen and oxygen atoms in total. The van der Waals surface area contributed by atoms with E-state index in [-0.39, 0.29) is 24.8 Å². The molecule has 2 N–H and O–H groups in total. The highest BCUT2D eigenvalue weighted by atomic mass is 16.5. The van der Waals surface area contributed by atoms with E-state index in [9.17, 15) is 19.5 Å². The molecule has 1 aliphatic heterocycles. The summed E-state index contributed by atoms with van der Waals surface area (Å²) in [6.45, 7) is 5.12. The van der Waals surface area contributed by atoms with Crippen LogP contribution in [-0.4, -0.2) is 52.5 Å². The summed E-state index contributed by atoms with van der Waals surface area (Å²) in [5.74, 6) is 0.0609. The Kier molecular flexibility index (Phi) is 8.20. The van der Waals surface area contributed by atoms with E-state index in [4.69, 9.17) is 4.74 Å². The van der Waals surface area contributed by atoms with Crippen molar-refractivity contribution in [3.63, 3.8) is 0 Å². The number of carbonyl (C=O) groups is 3. The fraction of sp³-hybridized carbons (Fsp3) is 0.591. The van der Waals surface area contributed by atoms with Crippen molar-refractivity contribution in [3.8, 4) is 5.75 Å². The first-order valence-electron chi connectivity index (χ1n) is 10.3. The quantitative estimate of drug-likeness (QED) is 0.317. The minimum Gasteiger partial charge on any atom is -0.491 e. The van der Waals surface area contributed by atoms with Crippen LogP contribution in [0.1, 0.15) is 69.7 Å². The molecule has 2 rings (SSSR count). The van der Waals surface area contributed by atoms with Gasteiger partial charge in [0.15, 0.2) is 5.78 Å². The molecule has 0 unspecified atom stereocenters. The summed E-state index contributed by atoms with van der Waals surface area (Å²) in [5, 5.41) is 13.0. The average Bonchev–Trinajstić information content (AvgIpc) is 2.89. The zero-order chi connectivity index (χ0) is 21.4. The lowest BCUT2D eigenvalue weighted by Crippen LogP contribution is -2.45. The van der Waals surface area contributed by atoms with Crippen molar-refractivity contribution in [2.75, 3.05) is 13.2 Å². The number of aliphatic hydroxyl groups excluding tert-OH is 1. The number of benzene rings is 1. The van der Waals surface area contributed by atoms with E-state index in [1.165, 1.54) is 13.3 Å². The van der Waals surface area contributed by atoms with Gasteiger partial charge in [0.1, 0.15) is 24.0 Å². The summed E-state index contributed by atoms with van der Waals surface area (Å²) >= 11 is 0. The standard InChI is InChI=1S/C22H32N2O5/c1-4-5-6-7-8-12-22(3)20(27)24(21(28)23-22)14-18(26)15-29-19-11-9-10-17(13-19)16(2)25/h9-11,13,18,26H,4-8,12,14-15H2,1-3H3,(H,23,28)/t18-,22-/m1/s1. The number of Topliss-reactive ketones (excluding diaryl/α,β-unsaturated/α-hetero) is 1. The summed E-state index contributed by atoms with van der Waals surface area (Å²) in [7, 11) is 0. The maximum absolute atomic E-state index is 12.7. The van der Waals surface area contributed by atoms with Crippen LogP contribution in [0.2, 0.25) is 0 Å². The predicted octanol–water partition coefficient (Wildman–Crippen LogP) is 3.30. The number of amides is 3. The third-order valence-corrected chi connectivity index (χ3v) is 5.20. The Morgan fingerprint density at radius 2 is 1.97 bits per heavy atom. The largest absolute Gasteiger partial charge is 0.491 e. The summed E-state index contributed by atoms with van der Waals surface area (Å²) < 4.78 is 5.52. The second-order valence-corrected chi connectivity index (χ2v) is 7.89. The molecule has 1 aromatic rings. The molecule has 0 aliphatic carbocycles. The number of hydrogen-bond acceptors (Lipinski definition) is 5. The summed E-state index contributed by atoms with van der Waals surface area (Å²) in [4.78, 5) is 37.5. The van der Waals surface area contributed by atoms with Crippen LogP contribution in [0.5, 0.6) is 5.75 Å². The molecule has 1 saturated heterocycles. The highest BCUT2D eigenvalue weighted by molar-refractivity contribution is 6.06. The van der Waals surface area contributed by atoms with Crippen molar-refractivity contribution in [2.24, 2.45) is 0 Å². The molecule has 0 saturated carbocycles. The average molecular weight is 405 g/mol. The number of ketones is 1. The molecule has 1 fully saturated rings. The first-order valence-corrected chi connectivity index (χ1v) is 10.3. The van der Waals surface area contributed by atoms with Crippen molar-refractivity contribution < 1.29 is 24.2 Å². The molecule has 29 heavy (non-hydrogen) atoms. The number of β-amino-alcohol motifs (C(OH)–C–C–N with tert-alkyl or cyclic N) is 1. The SMILES string of the molecule is CCCCCCC[C@@]1(C)NC(=O)N(C[C@@H](O)COc2cccc(C(C)=O)c2)C1=O. The minimum atomic E-state index is -1.03. The van der Waals surface area contributed by atoms with Gasteiger partial charge in [0.2, 0.25) is 0 Å². The van der Waals surface area contributed by atoms with E-state index >= 15 is 0 Å². The van der Waals surface area contributed by atoms with Gasteiger partial charge in [-0.25, -0.2) is 4.79 Å². The maximum atomic E-state index is 12.7. The van der Waals surface area contributed by atoms with Crippen LogP contribution < -0.4 is 10.1 Å². The van der Waals surface area contributed by atoms with Crippen LogP contribution in [0.15, 0.2) is 24.3 Å². The molecule has 1 heterocycles. The van der Waals surface area contributed by atoms with Crippen LogP contribution >= 0.6 is 0 Å². The molecule has 2 atom stereocenters. The van der Waals surface area contributed by atoms with Gasteiger partial charge in [-0.2, -0.15) is 0 Å². The Labute approximate surface area is 172 Å². The van der Waals surface area contributed by atoms with Gasteiger partial charge in [-0.05, 0) is 32.4 Å². The lowest BCUT2D eigenvalue weighted by atomic mass is 9.94. The summed E-state index contributed by atoms with van der Waals surface area (Å²) in [6.07, 6.45) is 4.90. The first kappa shape index (κ1) is 22.9. The number of ether oxygens (including phenoxy) is 1. The molecular weight excluding hydrogens is 372 g/mol. The number of aliphatic hydroxyl groups is 1. The lowest BCUT2D eigenvalue weighted by Gasteiger charge is -2.22. The number of rotatable bonds is 12. The molecule has 160 valence electrons. The number of nitrogens with zero attached hydrogens (tertiary/aromatic N) is 1. The summed E-state index contributed by atoms with van der Waals surface area (Å²) in [5.41, 5.74) is -0.402. The normalized spacial score (nSPS) is 19.9. The number of hydrogen-bond donors (Lipinski definition) is 2. The number of unbranched alkanes of at least 4 members (excludes halogenated alkanes) is 4. The highest BCUT2D eigenvalue weighted by Gasteiger charge is 2.47. The maximum Gasteiger partial charge on any atom is 0.325 e. The second kappa shape index (κ2) is 10.4. The number of urea groups is 1. The molecule has 0 bridgehead atoms. The van der Waals surface area contributed by atoms with Crippen molar-refractivity contribution in [3.05, 3.63) is 29.8 Å². The third kappa shape index (κ3) is 6.29. The van der Waals surface area contributed by atoms with Crippen LogP contribution in [0.4, 0.5) is 4.79 Å². The van der Waals surface area contributed by atoms with Gasteiger partial charge in [-0.3, -0.25) is 14.5 Å². The van der Waals surface area contributed by atoms with Crippen LogP contribution in [0, 0.1) is 0 Å². The Morgan fingerprint density at radius 1 is 1.24 bits per heavy atom. The van der Waals surface area contributed by atoms with E-state index in [1.807, 2.05) is 0 Å². The van der Waals surface area contributed by atoms with Gasteiger partial charge in [-0.15, -0.1) is 0 Å². The van der Waals surface area contributed by atoms with Crippen molar-refractivity contribution in [2.45, 2.75) is 70.9 Å².